The quantitative estimate of drug-likeness (QED) is 0.744. The first-order valence-corrected chi connectivity index (χ1v) is 6.13. The van der Waals surface area contributed by atoms with Gasteiger partial charge in [-0.05, 0) is 19.8 Å². The summed E-state index contributed by atoms with van der Waals surface area (Å²) in [5.41, 5.74) is -0.448. The Morgan fingerprint density at radius 2 is 2.18 bits per heavy atom. The van der Waals surface area contributed by atoms with Crippen LogP contribution >= 0.6 is 0 Å². The second kappa shape index (κ2) is 5.49. The van der Waals surface area contributed by atoms with Crippen LogP contribution < -0.4 is 5.32 Å². The second-order valence-corrected chi connectivity index (χ2v) is 5.00. The number of likely N-dealkylation sites (tertiary alicyclic amines) is 1. The summed E-state index contributed by atoms with van der Waals surface area (Å²) in [7, 11) is 1.62. The lowest BCUT2D eigenvalue weighted by Gasteiger charge is -2.26. The van der Waals surface area contributed by atoms with E-state index in [0.717, 1.165) is 12.8 Å². The van der Waals surface area contributed by atoms with Gasteiger partial charge in [0, 0.05) is 20.1 Å². The maximum Gasteiger partial charge on any atom is 0.320 e. The topological polar surface area (TPSA) is 69.6 Å². The number of nitrogens with zero attached hydrogens (tertiary/aromatic N) is 1. The molecule has 1 saturated heterocycles. The van der Waals surface area contributed by atoms with Gasteiger partial charge in [0.25, 0.3) is 0 Å². The third-order valence-corrected chi connectivity index (χ3v) is 3.57. The van der Waals surface area contributed by atoms with Gasteiger partial charge >= 0.3 is 5.97 Å². The predicted molar refractivity (Wildman–Crippen MR) is 64.7 cm³/mol. The summed E-state index contributed by atoms with van der Waals surface area (Å²) in [4.78, 5) is 24.8. The highest BCUT2D eigenvalue weighted by Crippen LogP contribution is 2.32. The van der Waals surface area contributed by atoms with Crippen molar-refractivity contribution in [2.24, 2.45) is 5.41 Å². The smallest absolute Gasteiger partial charge is 0.320 e. The molecule has 2 atom stereocenters. The molecule has 98 valence electrons. The van der Waals surface area contributed by atoms with Crippen LogP contribution in [0.1, 0.15) is 33.1 Å². The Morgan fingerprint density at radius 1 is 1.53 bits per heavy atom. The van der Waals surface area contributed by atoms with Crippen LogP contribution in [0.4, 0.5) is 0 Å². The van der Waals surface area contributed by atoms with Crippen LogP contribution in [-0.2, 0) is 9.59 Å². The molecule has 1 aliphatic rings. The van der Waals surface area contributed by atoms with Crippen molar-refractivity contribution in [1.29, 1.82) is 0 Å². The Labute approximate surface area is 102 Å². The number of hydrogen-bond donors (Lipinski definition) is 2. The van der Waals surface area contributed by atoms with Gasteiger partial charge in [-0.15, -0.1) is 0 Å². The lowest BCUT2D eigenvalue weighted by Crippen LogP contribution is -2.44. The van der Waals surface area contributed by atoms with Gasteiger partial charge < -0.3 is 10.4 Å². The fourth-order valence-corrected chi connectivity index (χ4v) is 2.49. The molecule has 1 fully saturated rings. The molecule has 0 saturated carbocycles. The molecular weight excluding hydrogens is 220 g/mol. The van der Waals surface area contributed by atoms with Crippen molar-refractivity contribution in [2.75, 3.05) is 20.1 Å². The maximum absolute atomic E-state index is 11.7. The molecule has 0 spiro atoms. The standard InChI is InChI=1S/C12H22N2O3/c1-4-5-9(10(15)16)14-7-6-12(2,8-14)11(17)13-3/h9H,4-8H2,1-3H3,(H,13,17)(H,15,16). The number of rotatable bonds is 5. The second-order valence-electron chi connectivity index (χ2n) is 5.00. The Morgan fingerprint density at radius 3 is 2.65 bits per heavy atom. The Hall–Kier alpha value is -1.10. The minimum Gasteiger partial charge on any atom is -0.480 e. The van der Waals surface area contributed by atoms with E-state index in [9.17, 15) is 14.7 Å². The summed E-state index contributed by atoms with van der Waals surface area (Å²) in [5, 5.41) is 11.8. The van der Waals surface area contributed by atoms with E-state index in [1.54, 1.807) is 7.05 Å². The van der Waals surface area contributed by atoms with Gasteiger partial charge in [-0.25, -0.2) is 0 Å². The average molecular weight is 242 g/mol. The maximum atomic E-state index is 11.7. The van der Waals surface area contributed by atoms with E-state index in [0.29, 0.717) is 19.5 Å². The summed E-state index contributed by atoms with van der Waals surface area (Å²) < 4.78 is 0. The molecule has 17 heavy (non-hydrogen) atoms. The van der Waals surface area contributed by atoms with Crippen molar-refractivity contribution in [1.82, 2.24) is 10.2 Å². The van der Waals surface area contributed by atoms with Crippen LogP contribution in [0.25, 0.3) is 0 Å². The van der Waals surface area contributed by atoms with Gasteiger partial charge in [0.15, 0.2) is 0 Å². The number of carboxylic acid groups (broad SMARTS) is 1. The van der Waals surface area contributed by atoms with Crippen molar-refractivity contribution in [2.45, 2.75) is 39.2 Å². The molecule has 0 bridgehead atoms. The Balaban J connectivity index is 2.71. The van der Waals surface area contributed by atoms with Gasteiger partial charge in [0.2, 0.25) is 5.91 Å². The highest BCUT2D eigenvalue weighted by atomic mass is 16.4. The highest BCUT2D eigenvalue weighted by Gasteiger charge is 2.43. The molecule has 5 heteroatoms. The Kier molecular flexibility index (Phi) is 4.51. The van der Waals surface area contributed by atoms with Crippen LogP contribution in [0, 0.1) is 5.41 Å². The molecule has 0 aromatic carbocycles. The van der Waals surface area contributed by atoms with Crippen LogP contribution in [0.3, 0.4) is 0 Å². The zero-order valence-electron chi connectivity index (χ0n) is 10.8. The summed E-state index contributed by atoms with van der Waals surface area (Å²) in [6.45, 7) is 5.09. The number of aliphatic carboxylic acids is 1. The van der Waals surface area contributed by atoms with Gasteiger partial charge in [-0.3, -0.25) is 14.5 Å². The fraction of sp³-hybridized carbons (Fsp3) is 0.833. The summed E-state index contributed by atoms with van der Waals surface area (Å²) >= 11 is 0. The number of amides is 1. The summed E-state index contributed by atoms with van der Waals surface area (Å²) in [5.74, 6) is -0.784. The normalized spacial score (nSPS) is 26.8. The van der Waals surface area contributed by atoms with Crippen LogP contribution in [0.2, 0.25) is 0 Å². The largest absolute Gasteiger partial charge is 0.480 e. The van der Waals surface area contributed by atoms with Crippen molar-refractivity contribution in [3.8, 4) is 0 Å². The summed E-state index contributed by atoms with van der Waals surface area (Å²) in [6, 6.07) is -0.452. The van der Waals surface area contributed by atoms with Crippen molar-refractivity contribution >= 4 is 11.9 Å². The molecule has 0 aromatic heterocycles. The first-order chi connectivity index (χ1) is 7.94. The first kappa shape index (κ1) is 14.0. The summed E-state index contributed by atoms with van der Waals surface area (Å²) in [6.07, 6.45) is 2.20. The van der Waals surface area contributed by atoms with E-state index in [4.69, 9.17) is 0 Å². The molecule has 5 nitrogen and oxygen atoms in total. The fourth-order valence-electron chi connectivity index (χ4n) is 2.49. The van der Waals surface area contributed by atoms with Gasteiger partial charge in [-0.2, -0.15) is 0 Å². The molecule has 0 radical (unpaired) electrons. The van der Waals surface area contributed by atoms with Crippen LogP contribution in [0.5, 0.6) is 0 Å². The average Bonchev–Trinajstić information content (AvgIpc) is 2.68. The molecule has 1 heterocycles. The minimum atomic E-state index is -0.784. The van der Waals surface area contributed by atoms with Gasteiger partial charge in [-0.1, -0.05) is 13.3 Å². The van der Waals surface area contributed by atoms with E-state index in [2.05, 4.69) is 5.32 Å². The Bertz CT molecular complexity index is 306. The van der Waals surface area contributed by atoms with E-state index >= 15 is 0 Å². The monoisotopic (exact) mass is 242 g/mol. The zero-order valence-corrected chi connectivity index (χ0v) is 10.8. The van der Waals surface area contributed by atoms with E-state index in [1.165, 1.54) is 0 Å². The molecule has 0 aliphatic carbocycles. The van der Waals surface area contributed by atoms with E-state index in [1.807, 2.05) is 18.7 Å². The van der Waals surface area contributed by atoms with E-state index < -0.39 is 17.4 Å². The molecule has 1 rings (SSSR count). The van der Waals surface area contributed by atoms with Gasteiger partial charge in [0.1, 0.15) is 6.04 Å². The molecule has 0 aromatic rings. The third-order valence-electron chi connectivity index (χ3n) is 3.57. The SMILES string of the molecule is CCCC(C(=O)O)N1CCC(C)(C(=O)NC)C1. The van der Waals surface area contributed by atoms with Crippen LogP contribution in [0.15, 0.2) is 0 Å². The third kappa shape index (κ3) is 2.97. The van der Waals surface area contributed by atoms with Gasteiger partial charge in [0.05, 0.1) is 5.41 Å². The molecular formula is C12H22N2O3. The minimum absolute atomic E-state index is 0.000590. The van der Waals surface area contributed by atoms with Crippen LogP contribution in [-0.4, -0.2) is 48.1 Å². The molecule has 2 N–H and O–H groups in total. The number of carboxylic acids is 1. The predicted octanol–water partition coefficient (Wildman–Crippen LogP) is 0.698. The highest BCUT2D eigenvalue weighted by molar-refractivity contribution is 5.83. The van der Waals surface area contributed by atoms with Crippen molar-refractivity contribution < 1.29 is 14.7 Å². The number of hydrogen-bond acceptors (Lipinski definition) is 3. The lowest BCUT2D eigenvalue weighted by molar-refractivity contribution is -0.143. The number of carbonyl (C=O) groups excluding carboxylic acids is 1. The zero-order chi connectivity index (χ0) is 13.1. The first-order valence-electron chi connectivity index (χ1n) is 6.13. The number of nitrogens with one attached hydrogen (secondary N) is 1. The molecule has 2 unspecified atom stereocenters. The molecule has 1 aliphatic heterocycles. The lowest BCUT2D eigenvalue weighted by atomic mass is 9.89. The van der Waals surface area contributed by atoms with Crippen molar-refractivity contribution in [3.05, 3.63) is 0 Å². The molecule has 1 amide bonds. The van der Waals surface area contributed by atoms with E-state index in [-0.39, 0.29) is 5.91 Å². The van der Waals surface area contributed by atoms with Crippen molar-refractivity contribution in [3.63, 3.8) is 0 Å². The number of carbonyl (C=O) groups is 2.